The largest absolute Gasteiger partial charge is 0.396 e. The molecule has 1 N–H and O–H groups in total. The van der Waals surface area contributed by atoms with E-state index < -0.39 is 0 Å². The van der Waals surface area contributed by atoms with Gasteiger partial charge in [0.05, 0.1) is 0 Å². The van der Waals surface area contributed by atoms with Gasteiger partial charge in [-0.1, -0.05) is 13.3 Å². The van der Waals surface area contributed by atoms with Crippen LogP contribution in [-0.4, -0.2) is 35.7 Å². The number of nitrogens with zero attached hydrogens (tertiary/aromatic N) is 1. The summed E-state index contributed by atoms with van der Waals surface area (Å²) < 4.78 is 0. The molecule has 66 valence electrons. The van der Waals surface area contributed by atoms with E-state index in [2.05, 4.69) is 11.8 Å². The van der Waals surface area contributed by atoms with Crippen molar-refractivity contribution < 1.29 is 5.11 Å². The second kappa shape index (κ2) is 4.73. The molecule has 2 heteroatoms. The predicted octanol–water partition coefficient (Wildman–Crippen LogP) is 1.24. The molecule has 1 aliphatic heterocycles. The topological polar surface area (TPSA) is 23.5 Å². The second-order valence-corrected chi connectivity index (χ2v) is 3.29. The van der Waals surface area contributed by atoms with Crippen LogP contribution in [0.4, 0.5) is 0 Å². The molecule has 0 aliphatic carbocycles. The van der Waals surface area contributed by atoms with E-state index in [9.17, 15) is 0 Å². The average Bonchev–Trinajstić information content (AvgIpc) is 2.06. The molecule has 0 bridgehead atoms. The Labute approximate surface area is 69.2 Å². The lowest BCUT2D eigenvalue weighted by atomic mass is 10.00. The first-order valence-corrected chi connectivity index (χ1v) is 4.73. The van der Waals surface area contributed by atoms with Crippen LogP contribution in [0.3, 0.4) is 0 Å². The predicted molar refractivity (Wildman–Crippen MR) is 46.6 cm³/mol. The standard InChI is InChI=1S/C9H19NO/c1-2-10-7-4-3-5-9(10)6-8-11/h9,11H,2-8H2,1H3/t9-/m1/s1. The summed E-state index contributed by atoms with van der Waals surface area (Å²) in [5.41, 5.74) is 0. The highest BCUT2D eigenvalue weighted by Gasteiger charge is 2.19. The summed E-state index contributed by atoms with van der Waals surface area (Å²) >= 11 is 0. The number of hydrogen-bond acceptors (Lipinski definition) is 2. The van der Waals surface area contributed by atoms with E-state index in [4.69, 9.17) is 5.11 Å². The number of hydrogen-bond donors (Lipinski definition) is 1. The van der Waals surface area contributed by atoms with Gasteiger partial charge >= 0.3 is 0 Å². The van der Waals surface area contributed by atoms with Gasteiger partial charge in [-0.15, -0.1) is 0 Å². The zero-order chi connectivity index (χ0) is 8.10. The summed E-state index contributed by atoms with van der Waals surface area (Å²) in [6, 6.07) is 0.666. The molecule has 1 heterocycles. The lowest BCUT2D eigenvalue weighted by Crippen LogP contribution is -2.39. The molecule has 0 unspecified atom stereocenters. The van der Waals surface area contributed by atoms with Crippen LogP contribution in [0.25, 0.3) is 0 Å². The Hall–Kier alpha value is -0.0800. The molecule has 1 atom stereocenters. The Morgan fingerprint density at radius 2 is 2.27 bits per heavy atom. The molecule has 1 rings (SSSR count). The zero-order valence-corrected chi connectivity index (χ0v) is 7.42. The van der Waals surface area contributed by atoms with Crippen LogP contribution in [-0.2, 0) is 0 Å². The van der Waals surface area contributed by atoms with Crippen LogP contribution in [0, 0.1) is 0 Å². The van der Waals surface area contributed by atoms with Crippen molar-refractivity contribution in [1.29, 1.82) is 0 Å². The van der Waals surface area contributed by atoms with Crippen LogP contribution < -0.4 is 0 Å². The van der Waals surface area contributed by atoms with E-state index in [1.807, 2.05) is 0 Å². The van der Waals surface area contributed by atoms with Crippen molar-refractivity contribution in [2.45, 2.75) is 38.6 Å². The molecule has 2 nitrogen and oxygen atoms in total. The van der Waals surface area contributed by atoms with Crippen molar-refractivity contribution in [3.8, 4) is 0 Å². The summed E-state index contributed by atoms with van der Waals surface area (Å²) in [4.78, 5) is 2.49. The Bertz CT molecular complexity index is 104. The maximum Gasteiger partial charge on any atom is 0.0445 e. The van der Waals surface area contributed by atoms with Gasteiger partial charge < -0.3 is 10.0 Å². The molecule has 11 heavy (non-hydrogen) atoms. The van der Waals surface area contributed by atoms with Gasteiger partial charge in [-0.05, 0) is 32.4 Å². The first-order valence-electron chi connectivity index (χ1n) is 4.73. The normalized spacial score (nSPS) is 27.3. The average molecular weight is 157 g/mol. The van der Waals surface area contributed by atoms with Gasteiger partial charge in [0.1, 0.15) is 0 Å². The SMILES string of the molecule is CCN1CCCC[C@@H]1CCO. The van der Waals surface area contributed by atoms with Crippen LogP contribution in [0.5, 0.6) is 0 Å². The Kier molecular flexibility index (Phi) is 3.87. The summed E-state index contributed by atoms with van der Waals surface area (Å²) in [6.07, 6.45) is 4.94. The fourth-order valence-electron chi connectivity index (χ4n) is 1.95. The molecular formula is C9H19NO. The van der Waals surface area contributed by atoms with Gasteiger partial charge in [-0.3, -0.25) is 0 Å². The van der Waals surface area contributed by atoms with Crippen molar-refractivity contribution in [3.63, 3.8) is 0 Å². The first-order chi connectivity index (χ1) is 5.38. The number of aliphatic hydroxyl groups is 1. The molecule has 0 aromatic heterocycles. The van der Waals surface area contributed by atoms with Gasteiger partial charge in [-0.2, -0.15) is 0 Å². The summed E-state index contributed by atoms with van der Waals surface area (Å²) in [6.45, 7) is 4.93. The third kappa shape index (κ3) is 2.46. The maximum atomic E-state index is 8.81. The Morgan fingerprint density at radius 1 is 1.45 bits per heavy atom. The summed E-state index contributed by atoms with van der Waals surface area (Å²) in [5.74, 6) is 0. The number of likely N-dealkylation sites (tertiary alicyclic amines) is 1. The van der Waals surface area contributed by atoms with Gasteiger partial charge in [0, 0.05) is 12.6 Å². The van der Waals surface area contributed by atoms with Crippen molar-refractivity contribution in [1.82, 2.24) is 4.90 Å². The molecule has 0 saturated carbocycles. The molecule has 1 fully saturated rings. The quantitative estimate of drug-likeness (QED) is 0.666. The molecule has 0 spiro atoms. The number of aliphatic hydroxyl groups excluding tert-OH is 1. The fourth-order valence-corrected chi connectivity index (χ4v) is 1.95. The minimum atomic E-state index is 0.348. The lowest BCUT2D eigenvalue weighted by molar-refractivity contribution is 0.125. The van der Waals surface area contributed by atoms with E-state index in [1.165, 1.54) is 25.8 Å². The van der Waals surface area contributed by atoms with E-state index in [0.29, 0.717) is 12.6 Å². The monoisotopic (exact) mass is 157 g/mol. The van der Waals surface area contributed by atoms with Crippen LogP contribution in [0.1, 0.15) is 32.6 Å². The van der Waals surface area contributed by atoms with Crippen molar-refractivity contribution in [2.24, 2.45) is 0 Å². The maximum absolute atomic E-state index is 8.81. The summed E-state index contributed by atoms with van der Waals surface area (Å²) in [5, 5.41) is 8.81. The van der Waals surface area contributed by atoms with Crippen molar-refractivity contribution in [3.05, 3.63) is 0 Å². The molecule has 1 saturated heterocycles. The van der Waals surface area contributed by atoms with Crippen LogP contribution >= 0.6 is 0 Å². The minimum Gasteiger partial charge on any atom is -0.396 e. The van der Waals surface area contributed by atoms with Crippen LogP contribution in [0.15, 0.2) is 0 Å². The molecular weight excluding hydrogens is 138 g/mol. The highest BCUT2D eigenvalue weighted by Crippen LogP contribution is 2.18. The van der Waals surface area contributed by atoms with Gasteiger partial charge in [0.2, 0.25) is 0 Å². The summed E-state index contributed by atoms with van der Waals surface area (Å²) in [7, 11) is 0. The zero-order valence-electron chi connectivity index (χ0n) is 7.42. The molecule has 0 radical (unpaired) electrons. The van der Waals surface area contributed by atoms with E-state index >= 15 is 0 Å². The van der Waals surface area contributed by atoms with Crippen LogP contribution in [0.2, 0.25) is 0 Å². The third-order valence-corrected chi connectivity index (χ3v) is 2.62. The number of rotatable bonds is 3. The van der Waals surface area contributed by atoms with Gasteiger partial charge in [0.15, 0.2) is 0 Å². The molecule has 0 amide bonds. The van der Waals surface area contributed by atoms with Gasteiger partial charge in [-0.25, -0.2) is 0 Å². The van der Waals surface area contributed by atoms with Gasteiger partial charge in [0.25, 0.3) is 0 Å². The lowest BCUT2D eigenvalue weighted by Gasteiger charge is -2.34. The van der Waals surface area contributed by atoms with E-state index in [0.717, 1.165) is 13.0 Å². The third-order valence-electron chi connectivity index (χ3n) is 2.62. The van der Waals surface area contributed by atoms with E-state index in [1.54, 1.807) is 0 Å². The molecule has 0 aromatic carbocycles. The van der Waals surface area contributed by atoms with E-state index in [-0.39, 0.29) is 0 Å². The molecule has 0 aromatic rings. The Balaban J connectivity index is 2.31. The highest BCUT2D eigenvalue weighted by atomic mass is 16.3. The first kappa shape index (κ1) is 9.01. The van der Waals surface area contributed by atoms with Crippen molar-refractivity contribution in [2.75, 3.05) is 19.7 Å². The Morgan fingerprint density at radius 3 is 2.91 bits per heavy atom. The smallest absolute Gasteiger partial charge is 0.0445 e. The second-order valence-electron chi connectivity index (χ2n) is 3.29. The van der Waals surface area contributed by atoms with Crippen molar-refractivity contribution >= 4 is 0 Å². The molecule has 1 aliphatic rings. The number of piperidine rings is 1. The fraction of sp³-hybridized carbons (Fsp3) is 1.00. The highest BCUT2D eigenvalue weighted by molar-refractivity contribution is 4.75. The minimum absolute atomic E-state index is 0.348.